The van der Waals surface area contributed by atoms with E-state index < -0.39 is 18.5 Å². The zero-order chi connectivity index (χ0) is 22.9. The Bertz CT molecular complexity index is 1070. The van der Waals surface area contributed by atoms with Gasteiger partial charge in [0.1, 0.15) is 18.0 Å². The first-order chi connectivity index (χ1) is 15.4. The molecular weight excluding hydrogens is 408 g/mol. The lowest BCUT2D eigenvalue weighted by atomic mass is 10.1. The standard InChI is InChI=1S/C25H24N2O5/c1-17-12-18(2)14-19(13-17)25(30)26-15-24(29)31-16-23(28)27-20-8-10-22(11-9-20)32-21-6-4-3-5-7-21/h3-14H,15-16H2,1-2H3,(H,26,30)(H,27,28). The topological polar surface area (TPSA) is 93.7 Å². The molecule has 3 aromatic rings. The van der Waals surface area contributed by atoms with Crippen LogP contribution in [-0.4, -0.2) is 30.9 Å². The fourth-order valence-corrected chi connectivity index (χ4v) is 2.99. The third-order valence-electron chi connectivity index (χ3n) is 4.36. The molecule has 164 valence electrons. The fourth-order valence-electron chi connectivity index (χ4n) is 2.99. The highest BCUT2D eigenvalue weighted by Crippen LogP contribution is 2.22. The number of nitrogens with one attached hydrogen (secondary N) is 2. The third kappa shape index (κ3) is 6.98. The number of carbonyl (C=O) groups excluding carboxylic acids is 3. The molecule has 0 aliphatic rings. The van der Waals surface area contributed by atoms with Crippen molar-refractivity contribution in [1.82, 2.24) is 5.32 Å². The fraction of sp³-hybridized carbons (Fsp3) is 0.160. The molecule has 3 aromatic carbocycles. The van der Waals surface area contributed by atoms with Gasteiger partial charge in [-0.2, -0.15) is 0 Å². The number of aryl methyl sites for hydroxylation is 2. The van der Waals surface area contributed by atoms with Crippen molar-refractivity contribution in [2.24, 2.45) is 0 Å². The van der Waals surface area contributed by atoms with E-state index >= 15 is 0 Å². The van der Waals surface area contributed by atoms with Crippen LogP contribution in [0.15, 0.2) is 72.8 Å². The lowest BCUT2D eigenvalue weighted by Gasteiger charge is -2.09. The number of benzene rings is 3. The van der Waals surface area contributed by atoms with Crippen LogP contribution in [0.5, 0.6) is 11.5 Å². The highest BCUT2D eigenvalue weighted by atomic mass is 16.5. The summed E-state index contributed by atoms with van der Waals surface area (Å²) in [4.78, 5) is 36.0. The van der Waals surface area contributed by atoms with E-state index in [1.807, 2.05) is 50.2 Å². The van der Waals surface area contributed by atoms with E-state index in [1.165, 1.54) is 0 Å². The van der Waals surface area contributed by atoms with Crippen molar-refractivity contribution in [3.63, 3.8) is 0 Å². The van der Waals surface area contributed by atoms with Crippen molar-refractivity contribution in [2.45, 2.75) is 13.8 Å². The highest BCUT2D eigenvalue weighted by molar-refractivity contribution is 5.97. The van der Waals surface area contributed by atoms with Crippen LogP contribution in [0.3, 0.4) is 0 Å². The van der Waals surface area contributed by atoms with Crippen molar-refractivity contribution in [3.05, 3.63) is 89.5 Å². The molecule has 0 bridgehead atoms. The number of para-hydroxylation sites is 1. The lowest BCUT2D eigenvalue weighted by Crippen LogP contribution is -2.32. The molecule has 0 saturated carbocycles. The maximum Gasteiger partial charge on any atom is 0.325 e. The summed E-state index contributed by atoms with van der Waals surface area (Å²) in [7, 11) is 0. The van der Waals surface area contributed by atoms with Crippen molar-refractivity contribution in [2.75, 3.05) is 18.5 Å². The second-order valence-corrected chi connectivity index (χ2v) is 7.21. The van der Waals surface area contributed by atoms with Crippen molar-refractivity contribution in [1.29, 1.82) is 0 Å². The van der Waals surface area contributed by atoms with Gasteiger partial charge in [0.2, 0.25) is 0 Å². The van der Waals surface area contributed by atoms with E-state index in [4.69, 9.17) is 9.47 Å². The third-order valence-corrected chi connectivity index (χ3v) is 4.36. The summed E-state index contributed by atoms with van der Waals surface area (Å²) in [6.07, 6.45) is 0. The Labute approximate surface area is 186 Å². The van der Waals surface area contributed by atoms with Gasteiger partial charge in [-0.3, -0.25) is 14.4 Å². The van der Waals surface area contributed by atoms with E-state index in [0.717, 1.165) is 11.1 Å². The SMILES string of the molecule is Cc1cc(C)cc(C(=O)NCC(=O)OCC(=O)Nc2ccc(Oc3ccccc3)cc2)c1. The van der Waals surface area contributed by atoms with Gasteiger partial charge in [0.15, 0.2) is 6.61 Å². The van der Waals surface area contributed by atoms with Gasteiger partial charge in [0, 0.05) is 11.3 Å². The number of ether oxygens (including phenoxy) is 2. The second-order valence-electron chi connectivity index (χ2n) is 7.21. The van der Waals surface area contributed by atoms with E-state index in [9.17, 15) is 14.4 Å². The zero-order valence-electron chi connectivity index (χ0n) is 17.9. The van der Waals surface area contributed by atoms with E-state index in [-0.39, 0.29) is 12.5 Å². The number of amides is 2. The predicted octanol–water partition coefficient (Wildman–Crippen LogP) is 4.01. The Kier molecular flexibility index (Phi) is 7.59. The summed E-state index contributed by atoms with van der Waals surface area (Å²) in [5.74, 6) is -0.239. The Hall–Kier alpha value is -4.13. The molecule has 3 rings (SSSR count). The Morgan fingerprint density at radius 1 is 0.812 bits per heavy atom. The van der Waals surface area contributed by atoms with Gasteiger partial charge in [-0.15, -0.1) is 0 Å². The van der Waals surface area contributed by atoms with E-state index in [2.05, 4.69) is 10.6 Å². The molecule has 0 heterocycles. The molecule has 0 unspecified atom stereocenters. The van der Waals surface area contributed by atoms with Crippen LogP contribution in [0.2, 0.25) is 0 Å². The molecule has 0 aromatic heterocycles. The van der Waals surface area contributed by atoms with Crippen LogP contribution in [-0.2, 0) is 14.3 Å². The minimum absolute atomic E-state index is 0.329. The molecule has 0 aliphatic carbocycles. The number of hydrogen-bond donors (Lipinski definition) is 2. The molecule has 32 heavy (non-hydrogen) atoms. The monoisotopic (exact) mass is 432 g/mol. The average Bonchev–Trinajstić information content (AvgIpc) is 2.77. The summed E-state index contributed by atoms with van der Waals surface area (Å²) < 4.78 is 10.6. The normalized spacial score (nSPS) is 10.2. The highest BCUT2D eigenvalue weighted by Gasteiger charge is 2.12. The smallest absolute Gasteiger partial charge is 0.325 e. The minimum Gasteiger partial charge on any atom is -0.457 e. The molecule has 0 spiro atoms. The van der Waals surface area contributed by atoms with E-state index in [1.54, 1.807) is 36.4 Å². The average molecular weight is 432 g/mol. The minimum atomic E-state index is -0.704. The number of rotatable bonds is 8. The first-order valence-electron chi connectivity index (χ1n) is 10.0. The van der Waals surface area contributed by atoms with Gasteiger partial charge in [-0.1, -0.05) is 35.4 Å². The number of esters is 1. The van der Waals surface area contributed by atoms with Crippen molar-refractivity contribution >= 4 is 23.5 Å². The Morgan fingerprint density at radius 3 is 2.09 bits per heavy atom. The molecule has 0 fully saturated rings. The van der Waals surface area contributed by atoms with Crippen LogP contribution in [0.25, 0.3) is 0 Å². The maximum atomic E-state index is 12.2. The van der Waals surface area contributed by atoms with Gasteiger partial charge < -0.3 is 20.1 Å². The molecule has 2 amide bonds. The van der Waals surface area contributed by atoms with Crippen LogP contribution in [0.1, 0.15) is 21.5 Å². The molecule has 0 atom stereocenters. The number of anilines is 1. The molecule has 7 nitrogen and oxygen atoms in total. The lowest BCUT2D eigenvalue weighted by molar-refractivity contribution is -0.146. The van der Waals surface area contributed by atoms with Gasteiger partial charge >= 0.3 is 5.97 Å². The predicted molar refractivity (Wildman–Crippen MR) is 121 cm³/mol. The molecule has 0 saturated heterocycles. The van der Waals surface area contributed by atoms with Gasteiger partial charge in [-0.25, -0.2) is 0 Å². The van der Waals surface area contributed by atoms with Gasteiger partial charge in [0.25, 0.3) is 11.8 Å². The molecule has 0 radical (unpaired) electrons. The molecule has 0 aliphatic heterocycles. The van der Waals surface area contributed by atoms with Crippen LogP contribution < -0.4 is 15.4 Å². The number of hydrogen-bond acceptors (Lipinski definition) is 5. The van der Waals surface area contributed by atoms with Crippen LogP contribution in [0.4, 0.5) is 5.69 Å². The van der Waals surface area contributed by atoms with E-state index in [0.29, 0.717) is 22.7 Å². The largest absolute Gasteiger partial charge is 0.457 e. The number of carbonyl (C=O) groups is 3. The van der Waals surface area contributed by atoms with Gasteiger partial charge in [0.05, 0.1) is 0 Å². The Balaban J connectivity index is 1.40. The summed E-state index contributed by atoms with van der Waals surface area (Å²) >= 11 is 0. The first-order valence-corrected chi connectivity index (χ1v) is 10.0. The maximum absolute atomic E-state index is 12.2. The van der Waals surface area contributed by atoms with Crippen LogP contribution >= 0.6 is 0 Å². The summed E-state index contributed by atoms with van der Waals surface area (Å²) in [6, 6.07) is 21.6. The molecule has 2 N–H and O–H groups in total. The summed E-state index contributed by atoms with van der Waals surface area (Å²) in [6.45, 7) is 2.99. The zero-order valence-corrected chi connectivity index (χ0v) is 17.9. The molecule has 7 heteroatoms. The van der Waals surface area contributed by atoms with Crippen molar-refractivity contribution in [3.8, 4) is 11.5 Å². The van der Waals surface area contributed by atoms with Gasteiger partial charge in [-0.05, 0) is 62.4 Å². The quantitative estimate of drug-likeness (QED) is 0.525. The molecular formula is C25H24N2O5. The second kappa shape index (κ2) is 10.8. The summed E-state index contributed by atoms with van der Waals surface area (Å²) in [5, 5.41) is 5.13. The summed E-state index contributed by atoms with van der Waals surface area (Å²) in [5.41, 5.74) is 2.91. The van der Waals surface area contributed by atoms with Crippen molar-refractivity contribution < 1.29 is 23.9 Å². The Morgan fingerprint density at radius 2 is 1.44 bits per heavy atom. The van der Waals surface area contributed by atoms with Crippen LogP contribution in [0, 0.1) is 13.8 Å². The first kappa shape index (κ1) is 22.6.